The summed E-state index contributed by atoms with van der Waals surface area (Å²) in [4.78, 5) is 5.47. The van der Waals surface area contributed by atoms with E-state index in [0.29, 0.717) is 0 Å². The molecule has 2 heterocycles. The Morgan fingerprint density at radius 2 is 2.13 bits per heavy atom. The number of hydrogen-bond acceptors (Lipinski definition) is 2. The highest BCUT2D eigenvalue weighted by Gasteiger charge is 2.19. The summed E-state index contributed by atoms with van der Waals surface area (Å²) in [5.41, 5.74) is 2.86. The van der Waals surface area contributed by atoms with Gasteiger partial charge in [-0.1, -0.05) is 22.6 Å². The van der Waals surface area contributed by atoms with Gasteiger partial charge in [-0.15, -0.1) is 0 Å². The molecule has 1 aromatic carbocycles. The van der Waals surface area contributed by atoms with Crippen molar-refractivity contribution >= 4 is 36.8 Å². The molecule has 5 heteroatoms. The molecule has 0 spiro atoms. The summed E-state index contributed by atoms with van der Waals surface area (Å²) in [6.07, 6.45) is 1.73. The van der Waals surface area contributed by atoms with Crippen LogP contribution in [-0.4, -0.2) is 14.1 Å². The Morgan fingerprint density at radius 1 is 1.27 bits per heavy atom. The standard InChI is InChI=1S/C10H8N2OS2/c13-15-6-5-11-10(15)14-7-12-8-3-1-2-4-9(8)14/h1-7,11H. The van der Waals surface area contributed by atoms with E-state index in [-0.39, 0.29) is 10.5 Å². The fourth-order valence-corrected chi connectivity index (χ4v) is 4.67. The van der Waals surface area contributed by atoms with Gasteiger partial charge in [0.2, 0.25) is 0 Å². The fourth-order valence-electron chi connectivity index (χ4n) is 1.50. The van der Waals surface area contributed by atoms with Crippen LogP contribution in [0, 0.1) is 0 Å². The Morgan fingerprint density at radius 3 is 2.93 bits per heavy atom. The van der Waals surface area contributed by atoms with Crippen molar-refractivity contribution in [1.82, 2.24) is 5.32 Å². The van der Waals surface area contributed by atoms with Gasteiger partial charge in [-0.2, -0.15) is 0 Å². The third-order valence-corrected chi connectivity index (χ3v) is 5.73. The minimum absolute atomic E-state index is 0.256. The second-order valence-corrected chi connectivity index (χ2v) is 6.34. The molecule has 0 bridgehead atoms. The van der Waals surface area contributed by atoms with Crippen LogP contribution in [0.1, 0.15) is 0 Å². The summed E-state index contributed by atoms with van der Waals surface area (Å²) in [7, 11) is -1.27. The lowest BCUT2D eigenvalue weighted by Gasteiger charge is -2.04. The van der Waals surface area contributed by atoms with Gasteiger partial charge in [0.25, 0.3) is 0 Å². The van der Waals surface area contributed by atoms with E-state index in [0.717, 1.165) is 14.9 Å². The zero-order valence-electron chi connectivity index (χ0n) is 7.71. The molecule has 3 nitrogen and oxygen atoms in total. The van der Waals surface area contributed by atoms with Crippen molar-refractivity contribution in [1.29, 1.82) is 0 Å². The van der Waals surface area contributed by atoms with E-state index in [2.05, 4.69) is 10.3 Å². The lowest BCUT2D eigenvalue weighted by atomic mass is 10.3. The highest BCUT2D eigenvalue weighted by atomic mass is 32.2. The molecule has 0 fully saturated rings. The fraction of sp³-hybridized carbons (Fsp3) is 0. The number of rotatable bonds is 0. The molecule has 1 N–H and O–H groups in total. The van der Waals surface area contributed by atoms with Crippen LogP contribution in [0.3, 0.4) is 0 Å². The van der Waals surface area contributed by atoms with Gasteiger partial charge in [0.05, 0.1) is 11.2 Å². The molecular weight excluding hydrogens is 228 g/mol. The number of benzene rings is 1. The maximum absolute atomic E-state index is 11.6. The van der Waals surface area contributed by atoms with E-state index < -0.39 is 10.8 Å². The van der Waals surface area contributed by atoms with Gasteiger partial charge >= 0.3 is 0 Å². The first kappa shape index (κ1) is 9.06. The molecule has 2 aliphatic heterocycles. The van der Waals surface area contributed by atoms with Crippen LogP contribution in [0.25, 0.3) is 0 Å². The summed E-state index contributed by atoms with van der Waals surface area (Å²) >= 11 is 0. The van der Waals surface area contributed by atoms with Gasteiger partial charge < -0.3 is 5.32 Å². The molecular formula is C10H8N2OS2. The first-order valence-corrected chi connectivity index (χ1v) is 6.93. The van der Waals surface area contributed by atoms with Crippen LogP contribution in [0.5, 0.6) is 0 Å². The van der Waals surface area contributed by atoms with Crippen LogP contribution >= 0.6 is 10.5 Å². The van der Waals surface area contributed by atoms with Crippen molar-refractivity contribution in [2.75, 3.05) is 0 Å². The van der Waals surface area contributed by atoms with E-state index in [9.17, 15) is 4.21 Å². The van der Waals surface area contributed by atoms with Gasteiger partial charge in [-0.05, 0) is 12.1 Å². The molecule has 0 saturated carbocycles. The monoisotopic (exact) mass is 236 g/mol. The largest absolute Gasteiger partial charge is 0.348 e. The van der Waals surface area contributed by atoms with Crippen LogP contribution in [-0.2, 0) is 10.8 Å². The van der Waals surface area contributed by atoms with E-state index in [1.54, 1.807) is 11.6 Å². The average Bonchev–Trinajstić information content (AvgIpc) is 2.83. The molecule has 1 aromatic rings. The molecule has 2 atom stereocenters. The molecule has 0 saturated heterocycles. The summed E-state index contributed by atoms with van der Waals surface area (Å²) in [6.45, 7) is 0. The van der Waals surface area contributed by atoms with Gasteiger partial charge in [0, 0.05) is 16.5 Å². The minimum atomic E-state index is -1.01. The van der Waals surface area contributed by atoms with Crippen molar-refractivity contribution in [2.24, 2.45) is 4.99 Å². The predicted octanol–water partition coefficient (Wildman–Crippen LogP) is 1.90. The molecule has 15 heavy (non-hydrogen) atoms. The maximum atomic E-state index is 11.6. The Balaban J connectivity index is 2.19. The Labute approximate surface area is 92.3 Å². The smallest absolute Gasteiger partial charge is 0.143 e. The SMILES string of the molecule is O=S1C=CNC1=S1C=Nc2ccccc21. The molecule has 0 aliphatic carbocycles. The van der Waals surface area contributed by atoms with E-state index >= 15 is 0 Å². The summed E-state index contributed by atoms with van der Waals surface area (Å²) in [6, 6.07) is 7.96. The van der Waals surface area contributed by atoms with Gasteiger partial charge in [-0.3, -0.25) is 0 Å². The summed E-state index contributed by atoms with van der Waals surface area (Å²) < 4.78 is 12.5. The lowest BCUT2D eigenvalue weighted by Crippen LogP contribution is -2.15. The van der Waals surface area contributed by atoms with Crippen LogP contribution in [0.15, 0.2) is 45.8 Å². The molecule has 3 rings (SSSR count). The number of para-hydroxylation sites is 1. The van der Waals surface area contributed by atoms with Gasteiger partial charge in [0.15, 0.2) is 0 Å². The Hall–Kier alpha value is -1.20. The normalized spacial score (nSPS) is 29.2. The molecule has 0 radical (unpaired) electrons. The van der Waals surface area contributed by atoms with Crippen molar-refractivity contribution in [2.45, 2.75) is 4.90 Å². The predicted molar refractivity (Wildman–Crippen MR) is 65.9 cm³/mol. The molecule has 76 valence electrons. The van der Waals surface area contributed by atoms with Crippen molar-refractivity contribution in [3.05, 3.63) is 35.9 Å². The number of aliphatic imine (C=N–C) groups is 1. The quantitative estimate of drug-likeness (QED) is 0.699. The molecule has 2 aliphatic rings. The third-order valence-electron chi connectivity index (χ3n) is 2.17. The molecule has 0 aromatic heterocycles. The minimum Gasteiger partial charge on any atom is -0.348 e. The second kappa shape index (κ2) is 3.43. The van der Waals surface area contributed by atoms with E-state index in [1.807, 2.05) is 29.8 Å². The van der Waals surface area contributed by atoms with Crippen LogP contribution < -0.4 is 5.32 Å². The number of nitrogens with one attached hydrogen (secondary N) is 1. The first-order chi connectivity index (χ1) is 7.36. The summed E-state index contributed by atoms with van der Waals surface area (Å²) in [5, 5.41) is 4.71. The van der Waals surface area contributed by atoms with Crippen molar-refractivity contribution < 1.29 is 4.21 Å². The maximum Gasteiger partial charge on any atom is 0.143 e. The number of fused-ring (bicyclic) bond motifs is 1. The number of nitrogens with zero attached hydrogens (tertiary/aromatic N) is 1. The lowest BCUT2D eigenvalue weighted by molar-refractivity contribution is 0.695. The molecule has 0 amide bonds. The zero-order valence-corrected chi connectivity index (χ0v) is 9.35. The second-order valence-electron chi connectivity index (χ2n) is 3.07. The van der Waals surface area contributed by atoms with Crippen molar-refractivity contribution in [3.63, 3.8) is 0 Å². The topological polar surface area (TPSA) is 41.5 Å². The number of hydrogen-bond donors (Lipinski definition) is 1. The van der Waals surface area contributed by atoms with Crippen LogP contribution in [0.2, 0.25) is 0 Å². The third kappa shape index (κ3) is 1.39. The van der Waals surface area contributed by atoms with Crippen LogP contribution in [0.4, 0.5) is 5.69 Å². The first-order valence-electron chi connectivity index (χ1n) is 4.43. The Kier molecular flexibility index (Phi) is 2.07. The highest BCUT2D eigenvalue weighted by Crippen LogP contribution is 2.40. The Bertz CT molecular complexity index is 546. The van der Waals surface area contributed by atoms with Crippen molar-refractivity contribution in [3.8, 4) is 0 Å². The molecule has 2 unspecified atom stereocenters. The van der Waals surface area contributed by atoms with E-state index in [1.165, 1.54) is 0 Å². The average molecular weight is 236 g/mol. The van der Waals surface area contributed by atoms with E-state index in [4.69, 9.17) is 0 Å². The zero-order chi connectivity index (χ0) is 10.3. The summed E-state index contributed by atoms with van der Waals surface area (Å²) in [5.74, 6) is 0. The van der Waals surface area contributed by atoms with Gasteiger partial charge in [-0.25, -0.2) is 9.20 Å². The van der Waals surface area contributed by atoms with Gasteiger partial charge in [0.1, 0.15) is 15.1 Å². The highest BCUT2D eigenvalue weighted by molar-refractivity contribution is 8.37.